The topological polar surface area (TPSA) is 44.0 Å². The molecule has 0 fully saturated rings. The van der Waals surface area contributed by atoms with Gasteiger partial charge in [0.2, 0.25) is 0 Å². The van der Waals surface area contributed by atoms with Crippen LogP contribution in [0, 0.1) is 0 Å². The summed E-state index contributed by atoms with van der Waals surface area (Å²) in [6, 6.07) is 1.92. The molecule has 0 bridgehead atoms. The summed E-state index contributed by atoms with van der Waals surface area (Å²) in [5.41, 5.74) is -1.000. The van der Waals surface area contributed by atoms with Gasteiger partial charge in [0.25, 0.3) is 0 Å². The maximum absolute atomic E-state index is 11.6. The summed E-state index contributed by atoms with van der Waals surface area (Å²) in [5.74, 6) is 0. The van der Waals surface area contributed by atoms with E-state index in [1.165, 1.54) is 9.13 Å². The second-order valence-electron chi connectivity index (χ2n) is 3.34. The van der Waals surface area contributed by atoms with Crippen molar-refractivity contribution < 1.29 is 0 Å². The van der Waals surface area contributed by atoms with E-state index in [4.69, 9.17) is 0 Å². The van der Waals surface area contributed by atoms with Gasteiger partial charge in [-0.1, -0.05) is 0 Å². The van der Waals surface area contributed by atoms with Crippen LogP contribution in [-0.2, 0) is 13.6 Å². The molecular formula is C10H9BrN2O2S. The van der Waals surface area contributed by atoms with E-state index >= 15 is 0 Å². The molecule has 2 heterocycles. The monoisotopic (exact) mass is 300 g/mol. The Morgan fingerprint density at radius 1 is 1.31 bits per heavy atom. The van der Waals surface area contributed by atoms with Crippen LogP contribution in [0.25, 0.3) is 0 Å². The Hall–Kier alpha value is -1.14. The standard InChI is InChI=1S/C10H9BrN2O2S/c1-12-3-4-13(10(15)9(12)14)6-8-7(11)2-5-16-8/h2-5H,6H2,1H3. The van der Waals surface area contributed by atoms with Crippen LogP contribution in [0.2, 0.25) is 0 Å². The van der Waals surface area contributed by atoms with Gasteiger partial charge in [-0.05, 0) is 27.4 Å². The first-order valence-corrected chi connectivity index (χ1v) is 6.25. The van der Waals surface area contributed by atoms with Crippen LogP contribution in [-0.4, -0.2) is 9.13 Å². The second-order valence-corrected chi connectivity index (χ2v) is 5.19. The van der Waals surface area contributed by atoms with Crippen molar-refractivity contribution >= 4 is 27.3 Å². The van der Waals surface area contributed by atoms with E-state index in [2.05, 4.69) is 15.9 Å². The Balaban J connectivity index is 2.44. The molecule has 0 amide bonds. The number of hydrogen-bond acceptors (Lipinski definition) is 3. The Labute approximate surface area is 104 Å². The number of rotatable bonds is 2. The summed E-state index contributed by atoms with van der Waals surface area (Å²) in [6.45, 7) is 0.424. The van der Waals surface area contributed by atoms with E-state index < -0.39 is 11.1 Å². The van der Waals surface area contributed by atoms with E-state index in [-0.39, 0.29) is 0 Å². The molecule has 0 aromatic carbocycles. The Kier molecular flexibility index (Phi) is 3.11. The normalized spacial score (nSPS) is 10.6. The summed E-state index contributed by atoms with van der Waals surface area (Å²) in [4.78, 5) is 24.1. The Morgan fingerprint density at radius 3 is 2.69 bits per heavy atom. The fourth-order valence-corrected chi connectivity index (χ4v) is 2.78. The van der Waals surface area contributed by atoms with Crippen LogP contribution in [0.15, 0.2) is 37.9 Å². The zero-order chi connectivity index (χ0) is 11.7. The fourth-order valence-electron chi connectivity index (χ4n) is 1.31. The molecule has 0 unspecified atom stereocenters. The minimum absolute atomic E-state index is 0.424. The molecule has 0 aliphatic rings. The molecule has 0 N–H and O–H groups in total. The molecule has 2 aromatic heterocycles. The zero-order valence-corrected chi connectivity index (χ0v) is 10.9. The van der Waals surface area contributed by atoms with Crippen LogP contribution >= 0.6 is 27.3 Å². The minimum Gasteiger partial charge on any atom is -0.312 e. The molecule has 0 aliphatic carbocycles. The molecule has 84 valence electrons. The van der Waals surface area contributed by atoms with Crippen molar-refractivity contribution in [2.75, 3.05) is 0 Å². The van der Waals surface area contributed by atoms with Gasteiger partial charge >= 0.3 is 11.1 Å². The quantitative estimate of drug-likeness (QED) is 0.787. The predicted octanol–water partition coefficient (Wildman–Crippen LogP) is 1.42. The highest BCUT2D eigenvalue weighted by molar-refractivity contribution is 9.10. The number of aromatic nitrogens is 2. The van der Waals surface area contributed by atoms with Crippen molar-refractivity contribution in [2.24, 2.45) is 7.05 Å². The molecule has 2 aromatic rings. The maximum atomic E-state index is 11.6. The van der Waals surface area contributed by atoms with Crippen LogP contribution in [0.3, 0.4) is 0 Å². The molecular weight excluding hydrogens is 292 g/mol. The average Bonchev–Trinajstić information content (AvgIpc) is 2.65. The van der Waals surface area contributed by atoms with E-state index in [1.54, 1.807) is 30.8 Å². The first kappa shape index (κ1) is 11.3. The van der Waals surface area contributed by atoms with E-state index in [9.17, 15) is 9.59 Å². The molecule has 0 saturated carbocycles. The summed E-state index contributed by atoms with van der Waals surface area (Å²) < 4.78 is 3.66. The van der Waals surface area contributed by atoms with Crippen molar-refractivity contribution in [3.8, 4) is 0 Å². The lowest BCUT2D eigenvalue weighted by Crippen LogP contribution is -2.39. The van der Waals surface area contributed by atoms with Gasteiger partial charge in [-0.15, -0.1) is 11.3 Å². The third kappa shape index (κ3) is 2.03. The molecule has 0 spiro atoms. The van der Waals surface area contributed by atoms with E-state index in [0.29, 0.717) is 6.54 Å². The molecule has 2 rings (SSSR count). The van der Waals surface area contributed by atoms with Crippen LogP contribution < -0.4 is 11.1 Å². The molecule has 0 atom stereocenters. The minimum atomic E-state index is -0.504. The van der Waals surface area contributed by atoms with Crippen molar-refractivity contribution in [1.29, 1.82) is 0 Å². The molecule has 0 aliphatic heterocycles. The first-order chi connectivity index (χ1) is 7.59. The predicted molar refractivity (Wildman–Crippen MR) is 67.1 cm³/mol. The van der Waals surface area contributed by atoms with Gasteiger partial charge in [0.05, 0.1) is 6.54 Å². The number of hydrogen-bond donors (Lipinski definition) is 0. The van der Waals surface area contributed by atoms with E-state index in [0.717, 1.165) is 9.35 Å². The third-order valence-electron chi connectivity index (χ3n) is 2.24. The van der Waals surface area contributed by atoms with E-state index in [1.807, 2.05) is 11.4 Å². The first-order valence-electron chi connectivity index (χ1n) is 4.57. The van der Waals surface area contributed by atoms with Crippen molar-refractivity contribution in [2.45, 2.75) is 6.54 Å². The number of nitrogens with zero attached hydrogens (tertiary/aromatic N) is 2. The molecule has 4 nitrogen and oxygen atoms in total. The highest BCUT2D eigenvalue weighted by Crippen LogP contribution is 2.22. The highest BCUT2D eigenvalue weighted by atomic mass is 79.9. The lowest BCUT2D eigenvalue weighted by atomic mass is 10.4. The van der Waals surface area contributed by atoms with Crippen LogP contribution in [0.5, 0.6) is 0 Å². The van der Waals surface area contributed by atoms with Gasteiger partial charge < -0.3 is 9.13 Å². The lowest BCUT2D eigenvalue weighted by molar-refractivity contribution is 0.700. The summed E-state index contributed by atoms with van der Waals surface area (Å²) in [7, 11) is 1.56. The van der Waals surface area contributed by atoms with Gasteiger partial charge in [0, 0.05) is 28.8 Å². The Bertz CT molecular complexity index is 626. The SMILES string of the molecule is Cn1ccn(Cc2sccc2Br)c(=O)c1=O. The van der Waals surface area contributed by atoms with Crippen molar-refractivity contribution in [3.63, 3.8) is 0 Å². The molecule has 0 saturated heterocycles. The van der Waals surface area contributed by atoms with Gasteiger partial charge in [0.15, 0.2) is 0 Å². The zero-order valence-electron chi connectivity index (χ0n) is 8.51. The molecule has 6 heteroatoms. The number of aryl methyl sites for hydroxylation is 1. The summed E-state index contributed by atoms with van der Waals surface area (Å²) in [5, 5.41) is 1.94. The van der Waals surface area contributed by atoms with Gasteiger partial charge in [-0.25, -0.2) is 0 Å². The second kappa shape index (κ2) is 4.39. The largest absolute Gasteiger partial charge is 0.316 e. The lowest BCUT2D eigenvalue weighted by Gasteiger charge is -2.04. The average molecular weight is 301 g/mol. The van der Waals surface area contributed by atoms with Crippen molar-refractivity contribution in [1.82, 2.24) is 9.13 Å². The van der Waals surface area contributed by atoms with Gasteiger partial charge in [0.1, 0.15) is 0 Å². The fraction of sp³-hybridized carbons (Fsp3) is 0.200. The summed E-state index contributed by atoms with van der Waals surface area (Å²) in [6.07, 6.45) is 3.21. The molecule has 0 radical (unpaired) electrons. The number of halogens is 1. The number of thiophene rings is 1. The van der Waals surface area contributed by atoms with Crippen LogP contribution in [0.4, 0.5) is 0 Å². The smallest absolute Gasteiger partial charge is 0.312 e. The Morgan fingerprint density at radius 2 is 2.06 bits per heavy atom. The third-order valence-corrected chi connectivity index (χ3v) is 4.15. The highest BCUT2D eigenvalue weighted by Gasteiger charge is 2.06. The van der Waals surface area contributed by atoms with Gasteiger partial charge in [-0.2, -0.15) is 0 Å². The van der Waals surface area contributed by atoms with Crippen LogP contribution in [0.1, 0.15) is 4.88 Å². The summed E-state index contributed by atoms with van der Waals surface area (Å²) >= 11 is 4.94. The molecule has 16 heavy (non-hydrogen) atoms. The maximum Gasteiger partial charge on any atom is 0.316 e. The van der Waals surface area contributed by atoms with Crippen molar-refractivity contribution in [3.05, 3.63) is 53.9 Å². The van der Waals surface area contributed by atoms with Gasteiger partial charge in [-0.3, -0.25) is 9.59 Å².